The highest BCUT2D eigenvalue weighted by Crippen LogP contribution is 2.54. The minimum Gasteiger partial charge on any atom is -0.465 e. The van der Waals surface area contributed by atoms with E-state index in [1.54, 1.807) is 0 Å². The van der Waals surface area contributed by atoms with Crippen molar-refractivity contribution in [2.45, 2.75) is 50.8 Å². The van der Waals surface area contributed by atoms with Gasteiger partial charge in [0.15, 0.2) is 0 Å². The van der Waals surface area contributed by atoms with Crippen molar-refractivity contribution in [2.75, 3.05) is 13.2 Å². The first-order valence-electron chi connectivity index (χ1n) is 6.21. The molecule has 17 heavy (non-hydrogen) atoms. The predicted octanol–water partition coefficient (Wildman–Crippen LogP) is 1.48. The van der Waals surface area contributed by atoms with E-state index in [1.807, 2.05) is 32.0 Å². The number of esters is 1. The van der Waals surface area contributed by atoms with Gasteiger partial charge in [-0.2, -0.15) is 0 Å². The highest BCUT2D eigenvalue weighted by atomic mass is 32.2. The average Bonchev–Trinajstić information content (AvgIpc) is 3.08. The van der Waals surface area contributed by atoms with Crippen LogP contribution in [0, 0.1) is 5.92 Å². The molecule has 0 aromatic heterocycles. The Morgan fingerprint density at radius 2 is 2.06 bits per heavy atom. The van der Waals surface area contributed by atoms with Gasteiger partial charge in [-0.05, 0) is 46.5 Å². The number of ether oxygens (including phenoxy) is 1. The molecule has 0 N–H and O–H groups in total. The second-order valence-electron chi connectivity index (χ2n) is 5.82. The first kappa shape index (κ1) is 13.0. The molecule has 0 aromatic rings. The molecule has 0 radical (unpaired) electrons. The minimum absolute atomic E-state index is 0.180. The van der Waals surface area contributed by atoms with Gasteiger partial charge in [-0.1, -0.05) is 0 Å². The Labute approximate surface area is 105 Å². The summed E-state index contributed by atoms with van der Waals surface area (Å²) in [6.45, 7) is 8.61. The summed E-state index contributed by atoms with van der Waals surface area (Å²) in [6.07, 6.45) is 2.10. The van der Waals surface area contributed by atoms with Crippen LogP contribution in [0.25, 0.3) is 0 Å². The fourth-order valence-corrected chi connectivity index (χ4v) is 3.70. The molecule has 2 rings (SSSR count). The van der Waals surface area contributed by atoms with Crippen molar-refractivity contribution >= 4 is 17.0 Å². The fraction of sp³-hybridized carbons (Fsp3) is 0.917. The molecule has 0 spiro atoms. The molecule has 2 unspecified atom stereocenters. The van der Waals surface area contributed by atoms with Gasteiger partial charge in [-0.15, -0.1) is 0 Å². The van der Waals surface area contributed by atoms with Crippen molar-refractivity contribution in [1.82, 2.24) is 4.31 Å². The van der Waals surface area contributed by atoms with Crippen molar-refractivity contribution in [2.24, 2.45) is 5.92 Å². The van der Waals surface area contributed by atoms with E-state index in [0.29, 0.717) is 19.1 Å². The van der Waals surface area contributed by atoms with E-state index in [4.69, 9.17) is 4.74 Å². The molecular weight excluding hydrogens is 238 g/mol. The molecule has 1 heterocycles. The van der Waals surface area contributed by atoms with Crippen LogP contribution in [0.2, 0.25) is 0 Å². The van der Waals surface area contributed by atoms with Crippen LogP contribution in [0.5, 0.6) is 0 Å². The van der Waals surface area contributed by atoms with E-state index < -0.39 is 16.5 Å². The lowest BCUT2D eigenvalue weighted by Gasteiger charge is -2.22. The quantitative estimate of drug-likeness (QED) is 0.567. The van der Waals surface area contributed by atoms with Gasteiger partial charge in [-0.25, -0.2) is 13.3 Å². The number of carbonyl (C=O) groups excluding carboxylic acids is 1. The summed E-state index contributed by atoms with van der Waals surface area (Å²) in [5.74, 6) is 0.174. The molecule has 4 nitrogen and oxygen atoms in total. The van der Waals surface area contributed by atoms with Crippen LogP contribution in [0.3, 0.4) is 0 Å². The zero-order valence-corrected chi connectivity index (χ0v) is 11.8. The van der Waals surface area contributed by atoms with Gasteiger partial charge in [0.25, 0.3) is 0 Å². The van der Waals surface area contributed by atoms with E-state index in [0.717, 1.165) is 12.8 Å². The molecule has 2 aliphatic rings. The highest BCUT2D eigenvalue weighted by molar-refractivity contribution is 7.84. The molecule has 3 atom stereocenters. The zero-order chi connectivity index (χ0) is 12.8. The smallest absolute Gasteiger partial charge is 0.329 e. The summed E-state index contributed by atoms with van der Waals surface area (Å²) in [5, 5.41) is 0. The number of rotatable bonds is 4. The zero-order valence-electron chi connectivity index (χ0n) is 11.0. The van der Waals surface area contributed by atoms with Crippen LogP contribution in [0.15, 0.2) is 0 Å². The standard InChI is InChI=1S/C12H21NO3S/c1-5-16-10(14)12(9-6-7-9)8-13(12)17(15)11(2,3)4/h9H,5-8H2,1-4H3/t12-,13?,17?/m1/s1. The molecule has 1 saturated carbocycles. The van der Waals surface area contributed by atoms with Gasteiger partial charge >= 0.3 is 5.97 Å². The lowest BCUT2D eigenvalue weighted by Crippen LogP contribution is -2.38. The van der Waals surface area contributed by atoms with Gasteiger partial charge < -0.3 is 4.74 Å². The van der Waals surface area contributed by atoms with Crippen LogP contribution in [-0.2, 0) is 20.5 Å². The third kappa shape index (κ3) is 2.15. The molecule has 1 aliphatic carbocycles. The number of nitrogens with zero attached hydrogens (tertiary/aromatic N) is 1. The highest BCUT2D eigenvalue weighted by Gasteiger charge is 2.70. The lowest BCUT2D eigenvalue weighted by atomic mass is 10.1. The summed E-state index contributed by atoms with van der Waals surface area (Å²) in [5.41, 5.74) is -0.561. The number of carbonyl (C=O) groups is 1. The van der Waals surface area contributed by atoms with Gasteiger partial charge in [0.2, 0.25) is 0 Å². The van der Waals surface area contributed by atoms with Crippen molar-refractivity contribution in [1.29, 1.82) is 0 Å². The Morgan fingerprint density at radius 1 is 1.47 bits per heavy atom. The van der Waals surface area contributed by atoms with Crippen LogP contribution in [0.4, 0.5) is 0 Å². The second-order valence-corrected chi connectivity index (χ2v) is 7.98. The molecule has 5 heteroatoms. The van der Waals surface area contributed by atoms with Crippen molar-refractivity contribution in [3.8, 4) is 0 Å². The number of hydrogen-bond acceptors (Lipinski definition) is 3. The van der Waals surface area contributed by atoms with Crippen LogP contribution >= 0.6 is 0 Å². The van der Waals surface area contributed by atoms with Crippen LogP contribution in [0.1, 0.15) is 40.5 Å². The predicted molar refractivity (Wildman–Crippen MR) is 66.7 cm³/mol. The Kier molecular flexibility index (Phi) is 3.11. The molecule has 1 saturated heterocycles. The maximum atomic E-state index is 12.3. The Morgan fingerprint density at radius 3 is 2.47 bits per heavy atom. The molecule has 0 amide bonds. The van der Waals surface area contributed by atoms with Crippen molar-refractivity contribution in [3.05, 3.63) is 0 Å². The Balaban J connectivity index is 2.13. The summed E-state index contributed by atoms with van der Waals surface area (Å²) < 4.78 is 19.0. The molecule has 2 fully saturated rings. The summed E-state index contributed by atoms with van der Waals surface area (Å²) in [4.78, 5) is 12.1. The van der Waals surface area contributed by atoms with Crippen LogP contribution < -0.4 is 0 Å². The molecule has 1 aliphatic heterocycles. The fourth-order valence-electron chi connectivity index (χ4n) is 2.20. The average molecular weight is 259 g/mol. The Bertz CT molecular complexity index is 359. The van der Waals surface area contributed by atoms with E-state index in [1.165, 1.54) is 0 Å². The largest absolute Gasteiger partial charge is 0.465 e. The maximum absolute atomic E-state index is 12.3. The summed E-state index contributed by atoms with van der Waals surface area (Å²) in [7, 11) is -1.12. The third-order valence-electron chi connectivity index (χ3n) is 3.33. The summed E-state index contributed by atoms with van der Waals surface area (Å²) >= 11 is 0. The van der Waals surface area contributed by atoms with E-state index >= 15 is 0 Å². The SMILES string of the molecule is CCOC(=O)[C@]1(C2CC2)CN1S(=O)C(C)(C)C. The third-order valence-corrected chi connectivity index (χ3v) is 5.23. The van der Waals surface area contributed by atoms with E-state index in [2.05, 4.69) is 0 Å². The number of hydrogen-bond donors (Lipinski definition) is 0. The maximum Gasteiger partial charge on any atom is 0.329 e. The Hall–Kier alpha value is -0.420. The van der Waals surface area contributed by atoms with E-state index in [-0.39, 0.29) is 10.7 Å². The topological polar surface area (TPSA) is 46.4 Å². The van der Waals surface area contributed by atoms with E-state index in [9.17, 15) is 9.00 Å². The molecule has 98 valence electrons. The lowest BCUT2D eigenvalue weighted by molar-refractivity contribution is -0.147. The first-order valence-corrected chi connectivity index (χ1v) is 7.31. The molecule has 0 bridgehead atoms. The molecular formula is C12H21NO3S. The van der Waals surface area contributed by atoms with Gasteiger partial charge in [0.05, 0.1) is 11.4 Å². The van der Waals surface area contributed by atoms with Gasteiger partial charge in [-0.3, -0.25) is 0 Å². The minimum atomic E-state index is -1.12. The monoisotopic (exact) mass is 259 g/mol. The summed E-state index contributed by atoms with van der Waals surface area (Å²) in [6, 6.07) is 0. The van der Waals surface area contributed by atoms with Crippen molar-refractivity contribution < 1.29 is 13.7 Å². The molecule has 0 aromatic carbocycles. The van der Waals surface area contributed by atoms with Crippen LogP contribution in [-0.4, -0.2) is 37.9 Å². The second kappa shape index (κ2) is 4.05. The first-order chi connectivity index (χ1) is 7.84. The van der Waals surface area contributed by atoms with Crippen molar-refractivity contribution in [3.63, 3.8) is 0 Å². The normalized spacial score (nSPS) is 34.2. The van der Waals surface area contributed by atoms with Gasteiger partial charge in [0, 0.05) is 6.54 Å². The van der Waals surface area contributed by atoms with Gasteiger partial charge in [0.1, 0.15) is 16.5 Å².